The van der Waals surface area contributed by atoms with Crippen molar-refractivity contribution in [3.63, 3.8) is 0 Å². The first-order valence-electron chi connectivity index (χ1n) is 15.3. The maximum Gasteiger partial charge on any atom is 0.408 e. The molecule has 250 valence electrons. The molecule has 1 fully saturated rings. The van der Waals surface area contributed by atoms with E-state index in [0.717, 1.165) is 29.1 Å². The fourth-order valence-electron chi connectivity index (χ4n) is 5.34. The van der Waals surface area contributed by atoms with E-state index in [2.05, 4.69) is 26.1 Å². The molecule has 1 aromatic heterocycles. The fraction of sp³-hybridized carbons (Fsp3) is 0.412. The normalized spacial score (nSPS) is 16.2. The Hall–Kier alpha value is -4.78. The van der Waals surface area contributed by atoms with Crippen LogP contribution in [0.1, 0.15) is 89.1 Å². The number of rotatable bonds is 8. The van der Waals surface area contributed by atoms with Gasteiger partial charge in [0.2, 0.25) is 5.90 Å². The third kappa shape index (κ3) is 8.94. The SMILES string of the molecule is CN=C(OC)c1cc(C(=O)NNC(=O)[C@@](C)(Cc2ccccc2)NC(=O)OC(C)(C)C)cc(C(=O)N2CCC[C@@H]2c2nc(C)cs2)c1. The topological polar surface area (TPSA) is 151 Å². The van der Waals surface area contributed by atoms with Crippen molar-refractivity contribution in [1.29, 1.82) is 0 Å². The Morgan fingerprint density at radius 2 is 1.70 bits per heavy atom. The molecule has 0 saturated carbocycles. The molecule has 1 saturated heterocycles. The number of benzene rings is 2. The Kier molecular flexibility index (Phi) is 11.0. The standard InChI is InChI=1S/C34H42N6O6S/c1-21-20-47-29(36-21)26-14-11-15-40(26)30(42)25-17-23(16-24(18-25)28(35-6)45-7)27(41)38-39-31(43)34(5,19-22-12-9-8-10-13-22)37-32(44)46-33(2,3)4/h8-10,12-13,16-18,20,26H,11,14-15,19H2,1-7H3,(H,37,44)(H,38,41)(H,39,43)/t26-,34-/m1/s1. The van der Waals surface area contributed by atoms with Crippen LogP contribution in [0.25, 0.3) is 0 Å². The number of aliphatic imine (C=N–C) groups is 1. The van der Waals surface area contributed by atoms with E-state index in [1.807, 2.05) is 42.6 Å². The predicted molar refractivity (Wildman–Crippen MR) is 179 cm³/mol. The van der Waals surface area contributed by atoms with Crippen LogP contribution in [0.2, 0.25) is 0 Å². The minimum absolute atomic E-state index is 0.0926. The molecule has 0 spiro atoms. The molecule has 0 aliphatic carbocycles. The molecule has 3 N–H and O–H groups in total. The summed E-state index contributed by atoms with van der Waals surface area (Å²) in [5.41, 5.74) is 5.05. The van der Waals surface area contributed by atoms with Crippen molar-refractivity contribution in [2.24, 2.45) is 4.99 Å². The molecule has 12 nitrogen and oxygen atoms in total. The second-order valence-corrected chi connectivity index (χ2v) is 13.4. The number of likely N-dealkylation sites (tertiary alicyclic amines) is 1. The maximum absolute atomic E-state index is 13.9. The Morgan fingerprint density at radius 3 is 2.32 bits per heavy atom. The molecular weight excluding hydrogens is 620 g/mol. The highest BCUT2D eigenvalue weighted by atomic mass is 32.1. The predicted octanol–water partition coefficient (Wildman–Crippen LogP) is 4.74. The summed E-state index contributed by atoms with van der Waals surface area (Å²) >= 11 is 1.52. The molecule has 4 amide bonds. The summed E-state index contributed by atoms with van der Waals surface area (Å²) in [6.45, 7) is 9.17. The van der Waals surface area contributed by atoms with Gasteiger partial charge in [0.15, 0.2) is 0 Å². The number of hydrazine groups is 1. The molecule has 1 aliphatic rings. The molecule has 3 aromatic rings. The van der Waals surface area contributed by atoms with Crippen LogP contribution in [0.4, 0.5) is 4.79 Å². The summed E-state index contributed by atoms with van der Waals surface area (Å²) in [4.78, 5) is 64.3. The second kappa shape index (κ2) is 14.8. The lowest BCUT2D eigenvalue weighted by Gasteiger charge is -2.31. The van der Waals surface area contributed by atoms with E-state index in [4.69, 9.17) is 9.47 Å². The zero-order valence-corrected chi connectivity index (χ0v) is 28.6. The molecule has 1 aliphatic heterocycles. The van der Waals surface area contributed by atoms with Crippen LogP contribution < -0.4 is 16.2 Å². The lowest BCUT2D eigenvalue weighted by molar-refractivity contribution is -0.127. The molecule has 13 heteroatoms. The van der Waals surface area contributed by atoms with Gasteiger partial charge in [-0.05, 0) is 71.2 Å². The minimum Gasteiger partial charge on any atom is -0.481 e. The fourth-order valence-corrected chi connectivity index (χ4v) is 6.28. The number of hydrogen-bond acceptors (Lipinski definition) is 9. The average molecular weight is 663 g/mol. The lowest BCUT2D eigenvalue weighted by Crippen LogP contribution is -2.61. The highest BCUT2D eigenvalue weighted by molar-refractivity contribution is 7.09. The van der Waals surface area contributed by atoms with Crippen molar-refractivity contribution in [2.45, 2.75) is 71.1 Å². The Bertz CT molecular complexity index is 1650. The molecule has 2 heterocycles. The highest BCUT2D eigenvalue weighted by Crippen LogP contribution is 2.35. The van der Waals surface area contributed by atoms with E-state index in [1.54, 1.807) is 45.7 Å². The average Bonchev–Trinajstić information content (AvgIpc) is 3.68. The molecule has 2 atom stereocenters. The highest BCUT2D eigenvalue weighted by Gasteiger charge is 2.37. The molecule has 4 rings (SSSR count). The van der Waals surface area contributed by atoms with Crippen LogP contribution in [-0.2, 0) is 20.7 Å². The van der Waals surface area contributed by atoms with Crippen LogP contribution in [0.5, 0.6) is 0 Å². The number of carbonyl (C=O) groups excluding carboxylic acids is 4. The van der Waals surface area contributed by atoms with Gasteiger partial charge >= 0.3 is 6.09 Å². The zero-order valence-electron chi connectivity index (χ0n) is 27.8. The summed E-state index contributed by atoms with van der Waals surface area (Å²) in [6, 6.07) is 13.6. The van der Waals surface area contributed by atoms with Gasteiger partial charge in [-0.25, -0.2) is 9.78 Å². The van der Waals surface area contributed by atoms with Crippen LogP contribution >= 0.6 is 11.3 Å². The Balaban J connectivity index is 1.58. The number of alkyl carbamates (subject to hydrolysis) is 1. The van der Waals surface area contributed by atoms with Gasteiger partial charge in [0.25, 0.3) is 17.7 Å². The number of nitrogens with one attached hydrogen (secondary N) is 3. The number of ether oxygens (including phenoxy) is 2. The molecule has 0 radical (unpaired) electrons. The van der Waals surface area contributed by atoms with Gasteiger partial charge in [-0.1, -0.05) is 30.3 Å². The summed E-state index contributed by atoms with van der Waals surface area (Å²) < 4.78 is 10.8. The van der Waals surface area contributed by atoms with Gasteiger partial charge in [-0.3, -0.25) is 30.2 Å². The third-order valence-electron chi connectivity index (χ3n) is 7.49. The van der Waals surface area contributed by atoms with Crippen LogP contribution in [-0.4, -0.2) is 71.4 Å². The number of aryl methyl sites for hydroxylation is 1. The summed E-state index contributed by atoms with van der Waals surface area (Å²) in [6.07, 6.45) is 0.944. The monoisotopic (exact) mass is 662 g/mol. The lowest BCUT2D eigenvalue weighted by atomic mass is 9.92. The summed E-state index contributed by atoms with van der Waals surface area (Å²) in [5.74, 6) is -1.40. The molecule has 47 heavy (non-hydrogen) atoms. The van der Waals surface area contributed by atoms with Crippen LogP contribution in [0.3, 0.4) is 0 Å². The smallest absolute Gasteiger partial charge is 0.408 e. The molecule has 0 bridgehead atoms. The summed E-state index contributed by atoms with van der Waals surface area (Å²) in [5, 5.41) is 5.50. The van der Waals surface area contributed by atoms with Gasteiger partial charge in [0, 0.05) is 47.8 Å². The van der Waals surface area contributed by atoms with E-state index >= 15 is 0 Å². The van der Waals surface area contributed by atoms with Crippen molar-refractivity contribution in [3.8, 4) is 0 Å². The van der Waals surface area contributed by atoms with Crippen molar-refractivity contribution < 1.29 is 28.7 Å². The van der Waals surface area contributed by atoms with Crippen molar-refractivity contribution in [2.75, 3.05) is 20.7 Å². The quantitative estimate of drug-likeness (QED) is 0.179. The van der Waals surface area contributed by atoms with E-state index in [9.17, 15) is 19.2 Å². The van der Waals surface area contributed by atoms with Gasteiger partial charge in [0.1, 0.15) is 16.1 Å². The third-order valence-corrected chi connectivity index (χ3v) is 8.55. The van der Waals surface area contributed by atoms with E-state index in [0.29, 0.717) is 12.1 Å². The first-order valence-corrected chi connectivity index (χ1v) is 16.2. The number of amides is 4. The Morgan fingerprint density at radius 1 is 1.02 bits per heavy atom. The number of nitrogens with zero attached hydrogens (tertiary/aromatic N) is 3. The molecular formula is C34H42N6O6S. The van der Waals surface area contributed by atoms with Crippen molar-refractivity contribution in [3.05, 3.63) is 86.9 Å². The largest absolute Gasteiger partial charge is 0.481 e. The first-order chi connectivity index (χ1) is 22.2. The van der Waals surface area contributed by atoms with Gasteiger partial charge < -0.3 is 19.7 Å². The van der Waals surface area contributed by atoms with E-state index in [1.165, 1.54) is 30.6 Å². The zero-order chi connectivity index (χ0) is 34.4. The molecule has 2 aromatic carbocycles. The number of carbonyl (C=O) groups is 4. The Labute approximate surface area is 278 Å². The first kappa shape index (κ1) is 35.1. The van der Waals surface area contributed by atoms with Crippen LogP contribution in [0.15, 0.2) is 58.9 Å². The van der Waals surface area contributed by atoms with E-state index in [-0.39, 0.29) is 35.4 Å². The minimum atomic E-state index is -1.50. The second-order valence-electron chi connectivity index (χ2n) is 12.5. The van der Waals surface area contributed by atoms with Crippen LogP contribution in [0, 0.1) is 6.92 Å². The molecule has 0 unspecified atom stereocenters. The number of hydrogen-bond donors (Lipinski definition) is 3. The van der Waals surface area contributed by atoms with Gasteiger partial charge in [0.05, 0.1) is 13.2 Å². The van der Waals surface area contributed by atoms with Gasteiger partial charge in [-0.2, -0.15) is 0 Å². The van der Waals surface area contributed by atoms with Crippen molar-refractivity contribution >= 4 is 41.0 Å². The maximum atomic E-state index is 13.9. The van der Waals surface area contributed by atoms with Gasteiger partial charge in [-0.15, -0.1) is 11.3 Å². The number of aromatic nitrogens is 1. The number of thiazole rings is 1. The van der Waals surface area contributed by atoms with E-state index < -0.39 is 29.0 Å². The summed E-state index contributed by atoms with van der Waals surface area (Å²) in [7, 11) is 2.99. The van der Waals surface area contributed by atoms with Crippen molar-refractivity contribution in [1.82, 2.24) is 26.1 Å². The number of methoxy groups -OCH3 is 1.